The maximum atomic E-state index is 13.4. The summed E-state index contributed by atoms with van der Waals surface area (Å²) in [5, 5.41) is 8.74. The van der Waals surface area contributed by atoms with E-state index in [2.05, 4.69) is 55.1 Å². The van der Waals surface area contributed by atoms with E-state index in [1.54, 1.807) is 18.2 Å². The molecule has 2 bridgehead atoms. The third-order valence-electron chi connectivity index (χ3n) is 10.3. The van der Waals surface area contributed by atoms with Crippen LogP contribution in [0.25, 0.3) is 10.9 Å². The molecule has 244 valence electrons. The average molecular weight is 656 g/mol. The molecule has 7 rings (SSSR count). The first-order valence-electron chi connectivity index (χ1n) is 16.5. The third-order valence-corrected chi connectivity index (χ3v) is 10.9. The summed E-state index contributed by atoms with van der Waals surface area (Å²) in [6.45, 7) is 17.5. The largest absolute Gasteiger partial charge is 0.340 e. The quantitative estimate of drug-likeness (QED) is 0.208. The van der Waals surface area contributed by atoms with E-state index in [0.717, 1.165) is 36.7 Å². The number of nitrogens with zero attached hydrogens (tertiary/aromatic N) is 3. The van der Waals surface area contributed by atoms with Gasteiger partial charge in [0.1, 0.15) is 0 Å². The van der Waals surface area contributed by atoms with Crippen LogP contribution < -0.4 is 21.9 Å². The minimum atomic E-state index is -0.448. The summed E-state index contributed by atoms with van der Waals surface area (Å²) in [6.07, 6.45) is 2.86. The number of piperazine rings is 1. The summed E-state index contributed by atoms with van der Waals surface area (Å²) in [6, 6.07) is 11.7. The Hall–Kier alpha value is -2.81. The highest BCUT2D eigenvalue weighted by atomic mass is 35.5. The van der Waals surface area contributed by atoms with E-state index in [1.165, 1.54) is 11.0 Å². The Bertz CT molecular complexity index is 1670. The zero-order valence-corrected chi connectivity index (χ0v) is 29.1. The molecular formula is C35H48Cl2N6O2. The lowest BCUT2D eigenvalue weighted by Crippen LogP contribution is -2.59. The van der Waals surface area contributed by atoms with Crippen LogP contribution in [0.5, 0.6) is 0 Å². The van der Waals surface area contributed by atoms with Gasteiger partial charge in [0.25, 0.3) is 5.56 Å². The van der Waals surface area contributed by atoms with Gasteiger partial charge in [-0.25, -0.2) is 9.79 Å². The van der Waals surface area contributed by atoms with E-state index in [4.69, 9.17) is 28.2 Å². The minimum absolute atomic E-state index is 0.208. The van der Waals surface area contributed by atoms with Gasteiger partial charge in [-0.2, -0.15) is 0 Å². The van der Waals surface area contributed by atoms with Crippen molar-refractivity contribution in [2.45, 2.75) is 92.4 Å². The van der Waals surface area contributed by atoms with Crippen molar-refractivity contribution in [3.8, 4) is 0 Å². The molecule has 2 heterocycles. The van der Waals surface area contributed by atoms with Crippen LogP contribution in [0.2, 0.25) is 10.0 Å². The highest BCUT2D eigenvalue weighted by molar-refractivity contribution is 6.35. The molecule has 1 aromatic heterocycles. The molecule has 1 saturated heterocycles. The predicted octanol–water partition coefficient (Wildman–Crippen LogP) is 6.79. The van der Waals surface area contributed by atoms with E-state index < -0.39 is 5.69 Å². The maximum Gasteiger partial charge on any atom is 0.328 e. The lowest BCUT2D eigenvalue weighted by molar-refractivity contribution is -0.108. The van der Waals surface area contributed by atoms with Crippen LogP contribution in [0.15, 0.2) is 51.0 Å². The summed E-state index contributed by atoms with van der Waals surface area (Å²) in [5.74, 6) is 2.80. The number of benzene rings is 2. The van der Waals surface area contributed by atoms with E-state index in [9.17, 15) is 9.59 Å². The lowest BCUT2D eigenvalue weighted by atomic mass is 9.45. The molecule has 2 aromatic carbocycles. The van der Waals surface area contributed by atoms with Gasteiger partial charge in [0.05, 0.1) is 16.9 Å². The molecule has 6 atom stereocenters. The fourth-order valence-corrected chi connectivity index (χ4v) is 8.27. The second kappa shape index (κ2) is 13.5. The van der Waals surface area contributed by atoms with E-state index in [0.29, 0.717) is 62.6 Å². The van der Waals surface area contributed by atoms with Crippen molar-refractivity contribution in [2.24, 2.45) is 28.2 Å². The molecule has 0 radical (unpaired) electrons. The van der Waals surface area contributed by atoms with E-state index in [1.807, 2.05) is 32.0 Å². The fourth-order valence-electron chi connectivity index (χ4n) is 7.76. The molecule has 4 fully saturated rings. The van der Waals surface area contributed by atoms with Gasteiger partial charge in [-0.1, -0.05) is 63.9 Å². The highest BCUT2D eigenvalue weighted by Crippen LogP contribution is 2.61. The van der Waals surface area contributed by atoms with Gasteiger partial charge in [-0.3, -0.25) is 9.36 Å². The van der Waals surface area contributed by atoms with Crippen LogP contribution in [0.1, 0.15) is 66.9 Å². The topological polar surface area (TPSA) is 94.5 Å². The number of H-pyrrole nitrogens is 1. The maximum absolute atomic E-state index is 13.4. The number of anilines is 1. The standard InChI is InChI=1S/C33H42Cl2N6O2.C2H6/c1-18-16-40(17-19(2)36-18)31(38-28-13-22-12-26(20(28)3)33(22,4)5)37-24-8-9-25-29(15-24)39-32(43)41(30(25)42)11-10-21-6-7-23(34)14-27(21)35;1-2/h6-9,14-15,18-20,22,26,28,36H,10-13,16-17H2,1-5H3,(H,37,38)(H,39,43);1-2H3/t18-,19+,20-,22+,26-,28-;/m0./s1. The van der Waals surface area contributed by atoms with Crippen molar-refractivity contribution in [3.05, 3.63) is 72.8 Å². The molecular weight excluding hydrogens is 607 g/mol. The summed E-state index contributed by atoms with van der Waals surface area (Å²) in [4.78, 5) is 37.1. The van der Waals surface area contributed by atoms with E-state index in [-0.39, 0.29) is 18.1 Å². The predicted molar refractivity (Wildman–Crippen MR) is 188 cm³/mol. The second-order valence-electron chi connectivity index (χ2n) is 13.6. The van der Waals surface area contributed by atoms with Crippen molar-refractivity contribution in [1.82, 2.24) is 19.8 Å². The first kappa shape index (κ1) is 33.6. The SMILES string of the molecule is CC.C[C@@H]1[C@@H](N=C(Nc2ccc3c(=O)n(CCc4ccc(Cl)cc4Cl)c(=O)[nH]c3c2)N2C[C@@H](C)N[C@@H](C)C2)C[C@H]2C[C@@H]1C2(C)C. The summed E-state index contributed by atoms with van der Waals surface area (Å²) in [7, 11) is 0. The van der Waals surface area contributed by atoms with Gasteiger partial charge < -0.3 is 20.5 Å². The Labute approximate surface area is 276 Å². The minimum Gasteiger partial charge on any atom is -0.340 e. The van der Waals surface area contributed by atoms with Gasteiger partial charge in [0, 0.05) is 47.5 Å². The molecule has 3 N–H and O–H groups in total. The van der Waals surface area contributed by atoms with Crippen molar-refractivity contribution >= 4 is 45.8 Å². The van der Waals surface area contributed by atoms with Crippen LogP contribution in [0.4, 0.5) is 5.69 Å². The third kappa shape index (κ3) is 6.84. The second-order valence-corrected chi connectivity index (χ2v) is 14.5. The molecule has 3 aromatic rings. The van der Waals surface area contributed by atoms with E-state index >= 15 is 0 Å². The van der Waals surface area contributed by atoms with Crippen molar-refractivity contribution < 1.29 is 0 Å². The number of aromatic nitrogens is 2. The Kier molecular flexibility index (Phi) is 10.1. The molecule has 4 aliphatic rings. The molecule has 0 spiro atoms. The first-order chi connectivity index (χ1) is 21.4. The number of guanidine groups is 1. The van der Waals surface area contributed by atoms with Crippen molar-refractivity contribution in [3.63, 3.8) is 0 Å². The summed E-state index contributed by atoms with van der Waals surface area (Å²) >= 11 is 12.3. The number of fused-ring (bicyclic) bond motifs is 3. The van der Waals surface area contributed by atoms with Gasteiger partial charge in [0.2, 0.25) is 0 Å². The molecule has 3 aliphatic carbocycles. The smallest absolute Gasteiger partial charge is 0.328 e. The van der Waals surface area contributed by atoms with Crippen LogP contribution in [-0.2, 0) is 13.0 Å². The number of nitrogens with one attached hydrogen (secondary N) is 3. The number of aliphatic imine (C=N–C) groups is 1. The lowest BCUT2D eigenvalue weighted by Gasteiger charge is -2.61. The highest BCUT2D eigenvalue weighted by Gasteiger charge is 2.56. The fraction of sp³-hybridized carbons (Fsp3) is 0.571. The number of rotatable bonds is 5. The number of aryl methyl sites for hydroxylation is 1. The number of hydrogen-bond donors (Lipinski definition) is 3. The molecule has 10 heteroatoms. The zero-order valence-electron chi connectivity index (χ0n) is 27.6. The van der Waals surface area contributed by atoms with Gasteiger partial charge >= 0.3 is 5.69 Å². The Morgan fingerprint density at radius 1 is 1.02 bits per heavy atom. The average Bonchev–Trinajstić information content (AvgIpc) is 2.98. The Balaban J connectivity index is 0.00000196. The number of halogens is 2. The molecule has 1 aliphatic heterocycles. The van der Waals surface area contributed by atoms with Crippen molar-refractivity contribution in [2.75, 3.05) is 18.4 Å². The van der Waals surface area contributed by atoms with Crippen LogP contribution in [0, 0.1) is 23.2 Å². The zero-order chi connectivity index (χ0) is 32.6. The molecule has 0 amide bonds. The summed E-state index contributed by atoms with van der Waals surface area (Å²) in [5.41, 5.74) is 1.74. The number of hydrogen-bond acceptors (Lipinski definition) is 4. The normalized spacial score (nSPS) is 27.4. The number of aromatic amines is 1. The molecule has 3 saturated carbocycles. The molecule has 0 unspecified atom stereocenters. The van der Waals surface area contributed by atoms with Crippen LogP contribution >= 0.6 is 23.2 Å². The van der Waals surface area contributed by atoms with Gasteiger partial charge in [-0.15, -0.1) is 0 Å². The monoisotopic (exact) mass is 654 g/mol. The molecule has 8 nitrogen and oxygen atoms in total. The molecule has 45 heavy (non-hydrogen) atoms. The Morgan fingerprint density at radius 2 is 1.73 bits per heavy atom. The van der Waals surface area contributed by atoms with Gasteiger partial charge in [0.15, 0.2) is 5.96 Å². The van der Waals surface area contributed by atoms with Gasteiger partial charge in [-0.05, 0) is 92.2 Å². The van der Waals surface area contributed by atoms with Crippen LogP contribution in [-0.4, -0.2) is 51.6 Å². The Morgan fingerprint density at radius 3 is 2.38 bits per heavy atom. The van der Waals surface area contributed by atoms with Crippen LogP contribution in [0.3, 0.4) is 0 Å². The summed E-state index contributed by atoms with van der Waals surface area (Å²) < 4.78 is 1.23. The first-order valence-corrected chi connectivity index (χ1v) is 17.2. The van der Waals surface area contributed by atoms with Crippen molar-refractivity contribution in [1.29, 1.82) is 0 Å².